The number of methoxy groups -OCH3 is 1. The van der Waals surface area contributed by atoms with Crippen molar-refractivity contribution in [3.8, 4) is 28.4 Å². The van der Waals surface area contributed by atoms with Crippen LogP contribution < -0.4 is 15.4 Å². The fourth-order valence-electron chi connectivity index (χ4n) is 9.84. The fourth-order valence-corrected chi connectivity index (χ4v) is 10.4. The second kappa shape index (κ2) is 17.4. The molecule has 2 aliphatic carbocycles. The first kappa shape index (κ1) is 44.4. The number of rotatable bonds is 13. The number of halogens is 2. The molecule has 5 heterocycles. The number of carbonyl (C=O) groups excluding carboxylic acids is 3. The molecular weight excluding hydrogens is 847 g/mol. The molecule has 3 N–H and O–H groups in total. The Morgan fingerprint density at radius 3 is 2.49 bits per heavy atom. The summed E-state index contributed by atoms with van der Waals surface area (Å²) in [6, 6.07) is 10.4. The van der Waals surface area contributed by atoms with Crippen molar-refractivity contribution in [1.29, 1.82) is 0 Å². The number of nitrogens with one attached hydrogen (secondary N) is 2. The lowest BCUT2D eigenvalue weighted by Gasteiger charge is -2.32. The third-order valence-corrected chi connectivity index (χ3v) is 14.1. The number of aromatic nitrogens is 4. The molecule has 1 saturated heterocycles. The number of anilines is 1. The molecule has 2 saturated carbocycles. The van der Waals surface area contributed by atoms with Gasteiger partial charge in [0.1, 0.15) is 5.60 Å². The molecule has 334 valence electrons. The molecule has 3 amide bonds. The minimum atomic E-state index is -0.722. The summed E-state index contributed by atoms with van der Waals surface area (Å²) in [5, 5.41) is 16.3. The monoisotopic (exact) mass is 900 g/mol. The number of pyridine rings is 2. The van der Waals surface area contributed by atoms with Crippen molar-refractivity contribution in [1.82, 2.24) is 34.6 Å². The number of amides is 3. The van der Waals surface area contributed by atoms with E-state index in [-0.39, 0.29) is 52.2 Å². The molecule has 15 nitrogen and oxygen atoms in total. The van der Waals surface area contributed by atoms with Crippen LogP contribution in [0.5, 0.6) is 5.88 Å². The highest BCUT2D eigenvalue weighted by Crippen LogP contribution is 2.63. The Kier molecular flexibility index (Phi) is 12.2. The van der Waals surface area contributed by atoms with Gasteiger partial charge in [0.15, 0.2) is 5.82 Å². The van der Waals surface area contributed by atoms with Crippen molar-refractivity contribution < 1.29 is 33.8 Å². The maximum Gasteiger partial charge on any atom is 0.410 e. The predicted molar refractivity (Wildman–Crippen MR) is 238 cm³/mol. The van der Waals surface area contributed by atoms with E-state index < -0.39 is 29.0 Å². The van der Waals surface area contributed by atoms with Gasteiger partial charge in [0.25, 0.3) is 5.91 Å². The Hall–Kier alpha value is -5.25. The third-order valence-electron chi connectivity index (χ3n) is 13.3. The largest absolute Gasteiger partial charge is 0.481 e. The molecule has 1 atom stereocenters. The van der Waals surface area contributed by atoms with Gasteiger partial charge in [0, 0.05) is 68.5 Å². The maximum absolute atomic E-state index is 13.8. The van der Waals surface area contributed by atoms with Crippen LogP contribution in [0.4, 0.5) is 10.5 Å². The average molecular weight is 902 g/mol. The van der Waals surface area contributed by atoms with Gasteiger partial charge in [-0.15, -0.1) is 0 Å². The number of aliphatic carboxylic acids is 1. The van der Waals surface area contributed by atoms with Crippen LogP contribution in [0.15, 0.2) is 42.6 Å². The van der Waals surface area contributed by atoms with Crippen LogP contribution in [0, 0.1) is 10.8 Å². The summed E-state index contributed by atoms with van der Waals surface area (Å²) in [7, 11) is 3.36. The number of benzene rings is 1. The summed E-state index contributed by atoms with van der Waals surface area (Å²) in [5.74, 6) is -0.528. The number of ether oxygens (including phenoxy) is 2. The van der Waals surface area contributed by atoms with E-state index in [4.69, 9.17) is 42.6 Å². The van der Waals surface area contributed by atoms with Gasteiger partial charge in [-0.05, 0) is 102 Å². The molecule has 17 heteroatoms. The Balaban J connectivity index is 0.965. The lowest BCUT2D eigenvalue weighted by atomic mass is 9.80. The van der Waals surface area contributed by atoms with Crippen LogP contribution in [-0.4, -0.2) is 96.7 Å². The van der Waals surface area contributed by atoms with E-state index in [0.29, 0.717) is 59.6 Å². The van der Waals surface area contributed by atoms with Crippen molar-refractivity contribution in [2.45, 2.75) is 103 Å². The quantitative estimate of drug-likeness (QED) is 0.119. The number of hydrogen-bond donors (Lipinski definition) is 3. The molecule has 3 fully saturated rings. The zero-order chi connectivity index (χ0) is 44.8. The third kappa shape index (κ3) is 9.10. The minimum Gasteiger partial charge on any atom is -0.481 e. The summed E-state index contributed by atoms with van der Waals surface area (Å²) >= 11 is 14.1. The lowest BCUT2D eigenvalue weighted by Crippen LogP contribution is -2.43. The van der Waals surface area contributed by atoms with E-state index >= 15 is 0 Å². The van der Waals surface area contributed by atoms with Crippen molar-refractivity contribution in [2.75, 3.05) is 32.1 Å². The Labute approximate surface area is 376 Å². The zero-order valence-corrected chi connectivity index (χ0v) is 37.9. The topological polar surface area (TPSA) is 181 Å². The molecule has 8 rings (SSSR count). The number of carboxylic acids is 1. The Morgan fingerprint density at radius 1 is 1.03 bits per heavy atom. The smallest absolute Gasteiger partial charge is 0.410 e. The van der Waals surface area contributed by atoms with Gasteiger partial charge in [-0.3, -0.25) is 24.3 Å². The number of nitrogens with zero attached hydrogens (tertiary/aromatic N) is 6. The van der Waals surface area contributed by atoms with Gasteiger partial charge in [0.2, 0.25) is 11.8 Å². The van der Waals surface area contributed by atoms with Crippen molar-refractivity contribution in [3.05, 3.63) is 75.4 Å². The van der Waals surface area contributed by atoms with Gasteiger partial charge in [0.05, 0.1) is 57.6 Å². The molecule has 3 aromatic heterocycles. The van der Waals surface area contributed by atoms with Crippen molar-refractivity contribution >= 4 is 52.8 Å². The van der Waals surface area contributed by atoms with Gasteiger partial charge >= 0.3 is 12.1 Å². The van der Waals surface area contributed by atoms with Crippen LogP contribution in [0.2, 0.25) is 10.0 Å². The fraction of sp³-hybridized carbons (Fsp3) is 0.500. The van der Waals surface area contributed by atoms with E-state index in [2.05, 4.69) is 20.5 Å². The highest BCUT2D eigenvalue weighted by atomic mass is 35.5. The van der Waals surface area contributed by atoms with Gasteiger partial charge in [-0.1, -0.05) is 35.3 Å². The molecule has 0 spiro atoms. The first-order valence-electron chi connectivity index (χ1n) is 21.5. The molecule has 4 aromatic rings. The Morgan fingerprint density at radius 2 is 1.81 bits per heavy atom. The van der Waals surface area contributed by atoms with Crippen molar-refractivity contribution in [3.63, 3.8) is 0 Å². The summed E-state index contributed by atoms with van der Waals surface area (Å²) < 4.78 is 13.3. The van der Waals surface area contributed by atoms with E-state index in [1.54, 1.807) is 62.2 Å². The van der Waals surface area contributed by atoms with E-state index in [1.165, 1.54) is 7.11 Å². The van der Waals surface area contributed by atoms with Gasteiger partial charge in [-0.2, -0.15) is 0 Å². The van der Waals surface area contributed by atoms with Gasteiger partial charge < -0.3 is 34.7 Å². The minimum absolute atomic E-state index is 0.0491. The number of hydrogen-bond acceptors (Lipinski definition) is 10. The molecule has 0 unspecified atom stereocenters. The number of fused-ring (bicyclic) bond motifs is 3. The molecule has 1 aromatic carbocycles. The maximum atomic E-state index is 13.8. The molecule has 0 radical (unpaired) electrons. The molecular formula is C46H54Cl2N8O7. The molecule has 2 aliphatic heterocycles. The van der Waals surface area contributed by atoms with Crippen LogP contribution >= 0.6 is 23.2 Å². The number of carboxylic acid groups (broad SMARTS) is 1. The highest BCUT2D eigenvalue weighted by molar-refractivity contribution is 6.39. The SMILES string of the molecule is COc1nc(-c2ccnc(-c3cccc(NC(=O)c4nc5c(n4C)CN(CCC46CCC(C(=O)O)(CC4)C6)CC5)c3Cl)c2Cl)ccc1CN(C[C@@H]1CCC(=O)N1)C(=O)OC(C)(C)C. The predicted octanol–water partition coefficient (Wildman–Crippen LogP) is 7.91. The second-order valence-corrected chi connectivity index (χ2v) is 19.4. The first-order valence-corrected chi connectivity index (χ1v) is 22.3. The highest BCUT2D eigenvalue weighted by Gasteiger charge is 2.57. The Bertz CT molecular complexity index is 2460. The van der Waals surface area contributed by atoms with E-state index in [1.807, 2.05) is 17.7 Å². The summed E-state index contributed by atoms with van der Waals surface area (Å²) in [5.41, 5.74) is 3.68. The van der Waals surface area contributed by atoms with Crippen LogP contribution in [0.3, 0.4) is 0 Å². The van der Waals surface area contributed by atoms with Crippen molar-refractivity contribution in [2.24, 2.45) is 17.9 Å². The molecule has 4 aliphatic rings. The standard InChI is InChI=1S/C46H54Cl2N8O7/c1-44(2,3)63-43(61)56(24-28-10-12-35(57)50-28)23-27-9-11-31(53-41(27)62-5)29-13-20-49-38(37(29)48)30-7-6-8-33(36(30)47)52-40(58)39-51-32-14-21-55(25-34(32)54(39)4)22-19-45-15-17-46(26-45,18-16-45)42(59)60/h6-9,11,13,20,28H,10,12,14-19,21-26H2,1-5H3,(H,50,57)(H,52,58)(H,59,60)/t28-,45?,46?/m0/s1. The number of imidazole rings is 1. The second-order valence-electron chi connectivity index (χ2n) is 18.6. The zero-order valence-electron chi connectivity index (χ0n) is 36.4. The molecule has 2 bridgehead atoms. The first-order chi connectivity index (χ1) is 30.0. The van der Waals surface area contributed by atoms with Gasteiger partial charge in [-0.25, -0.2) is 14.8 Å². The summed E-state index contributed by atoms with van der Waals surface area (Å²) in [4.78, 5) is 69.2. The van der Waals surface area contributed by atoms with E-state index in [9.17, 15) is 24.3 Å². The van der Waals surface area contributed by atoms with E-state index in [0.717, 1.165) is 63.0 Å². The van der Waals surface area contributed by atoms with Crippen LogP contribution in [0.25, 0.3) is 22.5 Å². The normalized spacial score (nSPS) is 21.8. The van der Waals surface area contributed by atoms with Crippen LogP contribution in [-0.2, 0) is 40.9 Å². The lowest BCUT2D eigenvalue weighted by molar-refractivity contribution is -0.148. The summed E-state index contributed by atoms with van der Waals surface area (Å²) in [6.45, 7) is 8.16. The summed E-state index contributed by atoms with van der Waals surface area (Å²) in [6.07, 6.45) is 8.11. The van der Waals surface area contributed by atoms with Crippen LogP contribution in [0.1, 0.15) is 99.7 Å². The average Bonchev–Trinajstić information content (AvgIpc) is 4.03. The number of carbonyl (C=O) groups is 4. The molecule has 63 heavy (non-hydrogen) atoms.